The first-order valence-electron chi connectivity index (χ1n) is 7.48. The smallest absolute Gasteiger partial charge is 0.159 e. The Morgan fingerprint density at radius 2 is 2.29 bits per heavy atom. The van der Waals surface area contributed by atoms with Gasteiger partial charge in [-0.05, 0) is 13.8 Å². The normalized spacial score (nSPS) is 19.4. The zero-order valence-electron chi connectivity index (χ0n) is 12.6. The number of aromatic nitrogens is 5. The number of rotatable bonds is 5. The van der Waals surface area contributed by atoms with Crippen molar-refractivity contribution in [2.45, 2.75) is 46.0 Å². The van der Waals surface area contributed by atoms with Gasteiger partial charge < -0.3 is 9.30 Å². The highest BCUT2D eigenvalue weighted by Crippen LogP contribution is 2.17. The molecule has 21 heavy (non-hydrogen) atoms. The van der Waals surface area contributed by atoms with Crippen LogP contribution >= 0.6 is 0 Å². The van der Waals surface area contributed by atoms with Gasteiger partial charge in [-0.15, -0.1) is 10.2 Å². The fraction of sp³-hybridized carbons (Fsp3) is 0.643. The molecule has 114 valence electrons. The predicted octanol–water partition coefficient (Wildman–Crippen LogP) is 0.984. The molecule has 3 heterocycles. The van der Waals surface area contributed by atoms with Gasteiger partial charge in [-0.3, -0.25) is 10.00 Å². The van der Waals surface area contributed by atoms with Crippen LogP contribution in [0.15, 0.2) is 12.4 Å². The summed E-state index contributed by atoms with van der Waals surface area (Å²) in [6.45, 7) is 8.28. The maximum absolute atomic E-state index is 5.47. The molecule has 2 aromatic heterocycles. The average molecular weight is 290 g/mol. The molecule has 0 aliphatic carbocycles. The molecule has 0 radical (unpaired) electrons. The Bertz CT molecular complexity index is 564. The van der Waals surface area contributed by atoms with Gasteiger partial charge >= 0.3 is 0 Å². The van der Waals surface area contributed by atoms with E-state index in [1.807, 2.05) is 19.3 Å². The van der Waals surface area contributed by atoms with Crippen LogP contribution < -0.4 is 0 Å². The Morgan fingerprint density at radius 3 is 3.05 bits per heavy atom. The molecule has 0 bridgehead atoms. The zero-order valence-corrected chi connectivity index (χ0v) is 12.6. The van der Waals surface area contributed by atoms with Crippen molar-refractivity contribution in [3.8, 4) is 0 Å². The molecule has 1 atom stereocenters. The van der Waals surface area contributed by atoms with Crippen LogP contribution in [0.5, 0.6) is 0 Å². The molecule has 1 unspecified atom stereocenters. The second-order valence-corrected chi connectivity index (χ2v) is 5.45. The van der Waals surface area contributed by atoms with E-state index in [0.29, 0.717) is 19.3 Å². The molecule has 0 saturated carbocycles. The summed E-state index contributed by atoms with van der Waals surface area (Å²) in [5, 5.41) is 15.5. The Hall–Kier alpha value is -1.73. The second kappa shape index (κ2) is 6.36. The lowest BCUT2D eigenvalue weighted by atomic mass is 10.2. The molecule has 1 aliphatic heterocycles. The summed E-state index contributed by atoms with van der Waals surface area (Å²) < 4.78 is 7.68. The zero-order chi connectivity index (χ0) is 14.7. The maximum Gasteiger partial charge on any atom is 0.159 e. The first-order valence-corrected chi connectivity index (χ1v) is 7.48. The summed E-state index contributed by atoms with van der Waals surface area (Å²) >= 11 is 0. The van der Waals surface area contributed by atoms with Crippen molar-refractivity contribution in [3.05, 3.63) is 29.6 Å². The molecule has 3 rings (SSSR count). The highest BCUT2D eigenvalue weighted by molar-refractivity contribution is 5.05. The summed E-state index contributed by atoms with van der Waals surface area (Å²) in [6, 6.07) is 0.435. The largest absolute Gasteiger partial charge is 0.374 e. The average Bonchev–Trinajstić information content (AvgIpc) is 3.08. The van der Waals surface area contributed by atoms with Crippen LogP contribution in [-0.4, -0.2) is 49.1 Å². The number of hydrogen-bond donors (Lipinski definition) is 1. The summed E-state index contributed by atoms with van der Waals surface area (Å²) in [4.78, 5) is 2.46. The minimum Gasteiger partial charge on any atom is -0.374 e. The van der Waals surface area contributed by atoms with Crippen molar-refractivity contribution in [2.75, 3.05) is 13.2 Å². The fourth-order valence-electron chi connectivity index (χ4n) is 2.76. The van der Waals surface area contributed by atoms with Crippen LogP contribution in [0.2, 0.25) is 0 Å². The van der Waals surface area contributed by atoms with Crippen molar-refractivity contribution < 1.29 is 4.74 Å². The van der Waals surface area contributed by atoms with E-state index in [9.17, 15) is 0 Å². The van der Waals surface area contributed by atoms with Crippen molar-refractivity contribution in [3.63, 3.8) is 0 Å². The van der Waals surface area contributed by atoms with Crippen molar-refractivity contribution >= 4 is 0 Å². The first kappa shape index (κ1) is 14.2. The summed E-state index contributed by atoms with van der Waals surface area (Å²) in [5.74, 6) is 2.00. The van der Waals surface area contributed by atoms with Gasteiger partial charge in [0, 0.05) is 50.5 Å². The Labute approximate surface area is 124 Å². The van der Waals surface area contributed by atoms with Crippen molar-refractivity contribution in [1.82, 2.24) is 29.9 Å². The van der Waals surface area contributed by atoms with Gasteiger partial charge in [0.2, 0.25) is 0 Å². The molecular formula is C14H22N6O. The van der Waals surface area contributed by atoms with E-state index >= 15 is 0 Å². The Morgan fingerprint density at radius 1 is 1.38 bits per heavy atom. The summed E-state index contributed by atoms with van der Waals surface area (Å²) in [6.07, 6.45) is 4.76. The third-order valence-corrected chi connectivity index (χ3v) is 3.99. The van der Waals surface area contributed by atoms with Crippen molar-refractivity contribution in [1.29, 1.82) is 0 Å². The van der Waals surface area contributed by atoms with Gasteiger partial charge in [0.15, 0.2) is 5.82 Å². The van der Waals surface area contributed by atoms with E-state index in [1.165, 1.54) is 5.56 Å². The van der Waals surface area contributed by atoms with Gasteiger partial charge in [0.1, 0.15) is 12.4 Å². The Balaban J connectivity index is 1.71. The molecule has 1 aliphatic rings. The van der Waals surface area contributed by atoms with Crippen LogP contribution in [0.4, 0.5) is 0 Å². The fourth-order valence-corrected chi connectivity index (χ4v) is 2.76. The number of H-pyrrole nitrogens is 1. The molecule has 7 heteroatoms. The number of fused-ring (bicyclic) bond motifs is 1. The number of nitrogens with one attached hydrogen (secondary N) is 1. The summed E-state index contributed by atoms with van der Waals surface area (Å²) in [5.41, 5.74) is 1.22. The summed E-state index contributed by atoms with van der Waals surface area (Å²) in [7, 11) is 0. The SMILES string of the molecule is CCOCc1nnc2n1CCN(Cc1cn[nH]c1)C(C)C2. The molecule has 0 amide bonds. The monoisotopic (exact) mass is 290 g/mol. The van der Waals surface area contributed by atoms with E-state index < -0.39 is 0 Å². The molecule has 1 N–H and O–H groups in total. The number of hydrogen-bond acceptors (Lipinski definition) is 5. The van der Waals surface area contributed by atoms with E-state index in [-0.39, 0.29) is 0 Å². The third kappa shape index (κ3) is 3.14. The standard InChI is InChI=1S/C14H22N6O/c1-3-21-10-14-18-17-13-6-11(2)19(4-5-20(13)14)9-12-7-15-16-8-12/h7-8,11H,3-6,9-10H2,1-2H3,(H,15,16). The Kier molecular flexibility index (Phi) is 4.31. The van der Waals surface area contributed by atoms with Crippen LogP contribution in [-0.2, 0) is 30.9 Å². The lowest BCUT2D eigenvalue weighted by Crippen LogP contribution is -2.34. The third-order valence-electron chi connectivity index (χ3n) is 3.99. The topological polar surface area (TPSA) is 71.9 Å². The van der Waals surface area contributed by atoms with Gasteiger partial charge in [0.25, 0.3) is 0 Å². The maximum atomic E-state index is 5.47. The minimum atomic E-state index is 0.435. The van der Waals surface area contributed by atoms with Crippen LogP contribution in [0.3, 0.4) is 0 Å². The minimum absolute atomic E-state index is 0.435. The van der Waals surface area contributed by atoms with Gasteiger partial charge in [0.05, 0.1) is 6.20 Å². The lowest BCUT2D eigenvalue weighted by molar-refractivity contribution is 0.124. The van der Waals surface area contributed by atoms with Gasteiger partial charge in [-0.2, -0.15) is 5.10 Å². The van der Waals surface area contributed by atoms with E-state index in [0.717, 1.165) is 37.7 Å². The van der Waals surface area contributed by atoms with E-state index in [4.69, 9.17) is 4.74 Å². The first-order chi connectivity index (χ1) is 10.3. The van der Waals surface area contributed by atoms with Crippen LogP contribution in [0.25, 0.3) is 0 Å². The predicted molar refractivity (Wildman–Crippen MR) is 77.5 cm³/mol. The highest BCUT2D eigenvalue weighted by Gasteiger charge is 2.24. The van der Waals surface area contributed by atoms with Crippen LogP contribution in [0.1, 0.15) is 31.1 Å². The molecular weight excluding hydrogens is 268 g/mol. The van der Waals surface area contributed by atoms with Gasteiger partial charge in [-0.1, -0.05) is 0 Å². The number of aromatic amines is 1. The highest BCUT2D eigenvalue weighted by atomic mass is 16.5. The lowest BCUT2D eigenvalue weighted by Gasteiger charge is -2.25. The molecule has 0 spiro atoms. The molecule has 0 aromatic carbocycles. The molecule has 2 aromatic rings. The molecule has 7 nitrogen and oxygen atoms in total. The molecule has 0 saturated heterocycles. The van der Waals surface area contributed by atoms with Crippen molar-refractivity contribution in [2.24, 2.45) is 0 Å². The number of ether oxygens (including phenoxy) is 1. The van der Waals surface area contributed by atoms with E-state index in [1.54, 1.807) is 0 Å². The van der Waals surface area contributed by atoms with Gasteiger partial charge in [-0.25, -0.2) is 0 Å². The quantitative estimate of drug-likeness (QED) is 0.889. The number of nitrogens with zero attached hydrogens (tertiary/aromatic N) is 5. The molecule has 0 fully saturated rings. The van der Waals surface area contributed by atoms with Crippen LogP contribution in [0, 0.1) is 0 Å². The second-order valence-electron chi connectivity index (χ2n) is 5.45. The van der Waals surface area contributed by atoms with E-state index in [2.05, 4.69) is 36.8 Å².